The van der Waals surface area contributed by atoms with Crippen LogP contribution in [0.2, 0.25) is 0 Å². The van der Waals surface area contributed by atoms with Crippen LogP contribution < -0.4 is 10.0 Å². The predicted octanol–water partition coefficient (Wildman–Crippen LogP) is 3.32. The largest absolute Gasteiger partial charge is 0.350 e. The maximum Gasteiger partial charge on any atom is 0.240 e. The second-order valence-corrected chi connectivity index (χ2v) is 9.34. The lowest BCUT2D eigenvalue weighted by Gasteiger charge is -2.18. The minimum Gasteiger partial charge on any atom is -0.350 e. The molecule has 174 valence electrons. The van der Waals surface area contributed by atoms with E-state index >= 15 is 0 Å². The van der Waals surface area contributed by atoms with Crippen molar-refractivity contribution in [2.75, 3.05) is 31.5 Å². The van der Waals surface area contributed by atoms with Gasteiger partial charge in [0.15, 0.2) is 0 Å². The lowest BCUT2D eigenvalue weighted by Crippen LogP contribution is -2.34. The van der Waals surface area contributed by atoms with E-state index in [9.17, 15) is 13.7 Å². The lowest BCUT2D eigenvalue weighted by atomic mass is 10.1. The number of anilines is 2. The highest BCUT2D eigenvalue weighted by Crippen LogP contribution is 2.28. The van der Waals surface area contributed by atoms with Crippen molar-refractivity contribution in [3.63, 3.8) is 0 Å². The molecule has 0 spiro atoms. The quantitative estimate of drug-likeness (QED) is 0.417. The second-order valence-electron chi connectivity index (χ2n) is 7.58. The van der Waals surface area contributed by atoms with Crippen LogP contribution in [-0.2, 0) is 10.0 Å². The average molecular weight is 468 g/mol. The van der Waals surface area contributed by atoms with E-state index in [0.29, 0.717) is 36.1 Å². The molecule has 0 amide bonds. The molecule has 0 fully saturated rings. The molecule has 0 saturated heterocycles. The normalized spacial score (nSPS) is 11.5. The molecule has 33 heavy (non-hydrogen) atoms. The van der Waals surface area contributed by atoms with Crippen molar-refractivity contribution in [1.82, 2.24) is 24.6 Å². The van der Waals surface area contributed by atoms with Gasteiger partial charge in [0.05, 0.1) is 10.6 Å². The van der Waals surface area contributed by atoms with Crippen LogP contribution in [0.15, 0.2) is 41.4 Å². The number of likely N-dealkylation sites (N-methyl/N-ethyl adjacent to an activating group) is 1. The molecular formula is C23H29N7O2S. The fraction of sp³-hybridized carbons (Fsp3) is 0.348. The highest BCUT2D eigenvalue weighted by Gasteiger charge is 2.16. The van der Waals surface area contributed by atoms with Crippen molar-refractivity contribution in [2.24, 2.45) is 0 Å². The Bertz CT molecular complexity index is 1240. The number of nitrogens with one attached hydrogen (secondary N) is 3. The van der Waals surface area contributed by atoms with Gasteiger partial charge in [-0.2, -0.15) is 5.26 Å². The predicted molar refractivity (Wildman–Crippen MR) is 129 cm³/mol. The molecular weight excluding hydrogens is 438 g/mol. The van der Waals surface area contributed by atoms with Crippen LogP contribution in [0.1, 0.15) is 30.8 Å². The average Bonchev–Trinajstić information content (AvgIpc) is 3.10. The number of aryl methyl sites for hydroxylation is 1. The Balaban J connectivity index is 1.71. The first-order chi connectivity index (χ1) is 15.8. The SMILES string of the molecule is CCN(CC)CCNS(=O)(=O)c1ccc(Nc2nccc(-c3c(C)[nH]c(C#N)c3C)n2)cc1. The second kappa shape index (κ2) is 10.6. The van der Waals surface area contributed by atoms with E-state index in [1.54, 1.807) is 36.5 Å². The Kier molecular flexibility index (Phi) is 7.81. The molecule has 3 aromatic rings. The first-order valence-corrected chi connectivity index (χ1v) is 12.3. The van der Waals surface area contributed by atoms with Crippen LogP contribution in [0.5, 0.6) is 0 Å². The van der Waals surface area contributed by atoms with Crippen molar-refractivity contribution >= 4 is 21.7 Å². The third-order valence-electron chi connectivity index (χ3n) is 5.50. The number of sulfonamides is 1. The molecule has 0 aliphatic rings. The van der Waals surface area contributed by atoms with Crippen LogP contribution in [0, 0.1) is 25.2 Å². The summed E-state index contributed by atoms with van der Waals surface area (Å²) in [5.74, 6) is 0.374. The third-order valence-corrected chi connectivity index (χ3v) is 6.97. The van der Waals surface area contributed by atoms with Gasteiger partial charge in [0.2, 0.25) is 16.0 Å². The molecule has 0 aliphatic carbocycles. The van der Waals surface area contributed by atoms with Crippen molar-refractivity contribution < 1.29 is 8.42 Å². The monoisotopic (exact) mass is 467 g/mol. The summed E-state index contributed by atoms with van der Waals surface area (Å²) in [7, 11) is -3.58. The van der Waals surface area contributed by atoms with Gasteiger partial charge < -0.3 is 15.2 Å². The van der Waals surface area contributed by atoms with Gasteiger partial charge >= 0.3 is 0 Å². The van der Waals surface area contributed by atoms with Crippen LogP contribution in [0.3, 0.4) is 0 Å². The van der Waals surface area contributed by atoms with Crippen molar-refractivity contribution in [3.05, 3.63) is 53.5 Å². The fourth-order valence-electron chi connectivity index (χ4n) is 3.61. The molecule has 1 aromatic carbocycles. The zero-order chi connectivity index (χ0) is 24.0. The minimum absolute atomic E-state index is 0.199. The summed E-state index contributed by atoms with van der Waals surface area (Å²) in [4.78, 5) is 14.2. The molecule has 0 bridgehead atoms. The summed E-state index contributed by atoms with van der Waals surface area (Å²) in [6.45, 7) is 10.6. The molecule has 10 heteroatoms. The number of hydrogen-bond donors (Lipinski definition) is 3. The van der Waals surface area contributed by atoms with Crippen LogP contribution >= 0.6 is 0 Å². The highest BCUT2D eigenvalue weighted by atomic mass is 32.2. The lowest BCUT2D eigenvalue weighted by molar-refractivity contribution is 0.309. The number of H-pyrrole nitrogens is 1. The summed E-state index contributed by atoms with van der Waals surface area (Å²) in [5.41, 5.74) is 4.43. The molecule has 2 heterocycles. The van der Waals surface area contributed by atoms with Gasteiger partial charge in [0.1, 0.15) is 11.8 Å². The van der Waals surface area contributed by atoms with Gasteiger partial charge in [-0.3, -0.25) is 0 Å². The Morgan fingerprint density at radius 2 is 1.82 bits per heavy atom. The van der Waals surface area contributed by atoms with Crippen molar-refractivity contribution in [2.45, 2.75) is 32.6 Å². The van der Waals surface area contributed by atoms with E-state index < -0.39 is 10.0 Å². The molecule has 0 saturated carbocycles. The van der Waals surface area contributed by atoms with Crippen molar-refractivity contribution in [1.29, 1.82) is 5.26 Å². The number of nitriles is 1. The first kappa shape index (κ1) is 24.4. The van der Waals surface area contributed by atoms with E-state index in [4.69, 9.17) is 0 Å². The molecule has 3 rings (SSSR count). The summed E-state index contributed by atoms with van der Waals surface area (Å²) < 4.78 is 27.7. The Morgan fingerprint density at radius 1 is 1.12 bits per heavy atom. The molecule has 3 N–H and O–H groups in total. The van der Waals surface area contributed by atoms with E-state index in [2.05, 4.69) is 36.0 Å². The number of nitrogens with zero attached hydrogens (tertiary/aromatic N) is 4. The molecule has 0 atom stereocenters. The van der Waals surface area contributed by atoms with Gasteiger partial charge in [0.25, 0.3) is 0 Å². The van der Waals surface area contributed by atoms with Gasteiger partial charge in [-0.1, -0.05) is 13.8 Å². The zero-order valence-electron chi connectivity index (χ0n) is 19.3. The van der Waals surface area contributed by atoms with E-state index in [-0.39, 0.29) is 4.90 Å². The molecule has 0 radical (unpaired) electrons. The molecule has 0 aliphatic heterocycles. The fourth-order valence-corrected chi connectivity index (χ4v) is 4.63. The number of aromatic amines is 1. The van der Waals surface area contributed by atoms with Crippen LogP contribution in [0.4, 0.5) is 11.6 Å². The summed E-state index contributed by atoms with van der Waals surface area (Å²) >= 11 is 0. The van der Waals surface area contributed by atoms with E-state index in [0.717, 1.165) is 29.9 Å². The smallest absolute Gasteiger partial charge is 0.240 e. The number of benzene rings is 1. The number of aromatic nitrogens is 3. The highest BCUT2D eigenvalue weighted by molar-refractivity contribution is 7.89. The number of rotatable bonds is 10. The summed E-state index contributed by atoms with van der Waals surface area (Å²) in [5, 5.41) is 12.4. The number of hydrogen-bond acceptors (Lipinski definition) is 7. The van der Waals surface area contributed by atoms with E-state index in [1.807, 2.05) is 27.7 Å². The van der Waals surface area contributed by atoms with Gasteiger partial charge in [-0.05, 0) is 62.8 Å². The van der Waals surface area contributed by atoms with E-state index in [1.165, 1.54) is 0 Å². The van der Waals surface area contributed by atoms with Gasteiger partial charge in [-0.15, -0.1) is 0 Å². The Hall–Kier alpha value is -3.26. The van der Waals surface area contributed by atoms with Crippen LogP contribution in [0.25, 0.3) is 11.3 Å². The topological polar surface area (TPSA) is 127 Å². The maximum absolute atomic E-state index is 12.6. The molecule has 9 nitrogen and oxygen atoms in total. The van der Waals surface area contributed by atoms with Gasteiger partial charge in [-0.25, -0.2) is 23.1 Å². The Labute approximate surface area is 194 Å². The minimum atomic E-state index is -3.58. The van der Waals surface area contributed by atoms with Crippen LogP contribution in [-0.4, -0.2) is 54.4 Å². The summed E-state index contributed by atoms with van der Waals surface area (Å²) in [6.07, 6.45) is 1.64. The standard InChI is InChI=1S/C23H29N7O2S/c1-5-30(6-2)14-13-26-33(31,32)19-9-7-18(8-10-19)28-23-25-12-11-20(29-23)22-16(3)21(15-24)27-17(22)4/h7-12,26-27H,5-6,13-14H2,1-4H3,(H,25,28,29). The zero-order valence-corrected chi connectivity index (χ0v) is 20.1. The molecule has 0 unspecified atom stereocenters. The first-order valence-electron chi connectivity index (χ1n) is 10.8. The van der Waals surface area contributed by atoms with Crippen molar-refractivity contribution in [3.8, 4) is 17.3 Å². The third kappa shape index (κ3) is 5.76. The summed E-state index contributed by atoms with van der Waals surface area (Å²) in [6, 6.07) is 10.4. The Morgan fingerprint density at radius 3 is 2.42 bits per heavy atom. The van der Waals surface area contributed by atoms with Gasteiger partial charge in [0, 0.05) is 36.2 Å². The maximum atomic E-state index is 12.6. The molecule has 2 aromatic heterocycles.